The van der Waals surface area contributed by atoms with E-state index in [1.165, 1.54) is 12.1 Å². The number of carbonyl (C=O) groups excluding carboxylic acids is 2. The third-order valence-electron chi connectivity index (χ3n) is 3.97. The fourth-order valence-corrected chi connectivity index (χ4v) is 3.40. The van der Waals surface area contributed by atoms with E-state index in [1.54, 1.807) is 36.4 Å². The van der Waals surface area contributed by atoms with Gasteiger partial charge in [-0.15, -0.1) is 0 Å². The number of hydrogen-bond acceptors (Lipinski definition) is 4. The number of halogens is 1. The van der Waals surface area contributed by atoms with Crippen LogP contribution in [-0.4, -0.2) is 26.9 Å². The summed E-state index contributed by atoms with van der Waals surface area (Å²) in [6.45, 7) is 0.333. The van der Waals surface area contributed by atoms with Gasteiger partial charge >= 0.3 is 6.03 Å². The first-order valence-electron chi connectivity index (χ1n) is 8.35. The molecule has 3 amide bonds. The fraction of sp³-hybridized carbons (Fsp3) is 0.222. The van der Waals surface area contributed by atoms with Crippen LogP contribution in [-0.2, 0) is 21.2 Å². The van der Waals surface area contributed by atoms with Crippen LogP contribution in [0, 0.1) is 0 Å². The van der Waals surface area contributed by atoms with E-state index in [0.29, 0.717) is 23.6 Å². The minimum absolute atomic E-state index is 0.0281. The van der Waals surface area contributed by atoms with Crippen molar-refractivity contribution in [2.45, 2.75) is 23.8 Å². The van der Waals surface area contributed by atoms with Gasteiger partial charge in [0.25, 0.3) is 0 Å². The molecule has 0 unspecified atom stereocenters. The second kappa shape index (κ2) is 9.54. The molecule has 0 fully saturated rings. The van der Waals surface area contributed by atoms with E-state index in [-0.39, 0.29) is 17.2 Å². The van der Waals surface area contributed by atoms with Crippen molar-refractivity contribution in [3.05, 3.63) is 64.7 Å². The number of nitrogens with two attached hydrogens (primary N) is 2. The minimum atomic E-state index is -3.73. The lowest BCUT2D eigenvalue weighted by Crippen LogP contribution is -2.37. The second-order valence-electron chi connectivity index (χ2n) is 6.08. The molecule has 0 aliphatic heterocycles. The van der Waals surface area contributed by atoms with Gasteiger partial charge in [0, 0.05) is 11.6 Å². The monoisotopic (exact) mass is 424 g/mol. The average Bonchev–Trinajstić information content (AvgIpc) is 2.61. The molecule has 0 aromatic heterocycles. The molecule has 2 aromatic rings. The molecule has 0 radical (unpaired) electrons. The number of nitrogens with one attached hydrogen (secondary N) is 2. The van der Waals surface area contributed by atoms with Crippen LogP contribution in [0.25, 0.3) is 0 Å². The van der Waals surface area contributed by atoms with Crippen molar-refractivity contribution in [1.82, 2.24) is 10.6 Å². The van der Waals surface area contributed by atoms with Crippen LogP contribution in [0.1, 0.15) is 23.6 Å². The maximum absolute atomic E-state index is 12.3. The molecule has 10 heteroatoms. The Morgan fingerprint density at radius 3 is 2.29 bits per heavy atom. The molecule has 0 heterocycles. The predicted molar refractivity (Wildman–Crippen MR) is 106 cm³/mol. The van der Waals surface area contributed by atoms with Crippen molar-refractivity contribution in [1.29, 1.82) is 0 Å². The molecule has 0 aliphatic rings. The molecule has 1 atom stereocenters. The van der Waals surface area contributed by atoms with Crippen LogP contribution in [0.3, 0.4) is 0 Å². The molecule has 0 saturated heterocycles. The van der Waals surface area contributed by atoms with Gasteiger partial charge in [0.1, 0.15) is 0 Å². The number of sulfonamides is 1. The lowest BCUT2D eigenvalue weighted by molar-refractivity contribution is -0.121. The van der Waals surface area contributed by atoms with Gasteiger partial charge in [-0.1, -0.05) is 41.9 Å². The summed E-state index contributed by atoms with van der Waals surface area (Å²) in [6.07, 6.45) is 0.466. The molecule has 2 rings (SSSR count). The van der Waals surface area contributed by atoms with E-state index in [9.17, 15) is 18.0 Å². The van der Waals surface area contributed by atoms with Crippen LogP contribution in [0.4, 0.5) is 4.79 Å². The van der Waals surface area contributed by atoms with Gasteiger partial charge in [-0.25, -0.2) is 18.4 Å². The Hall–Kier alpha value is -2.62. The molecule has 28 heavy (non-hydrogen) atoms. The molecule has 6 N–H and O–H groups in total. The molecule has 0 bridgehead atoms. The summed E-state index contributed by atoms with van der Waals surface area (Å²) >= 11 is 6.14. The van der Waals surface area contributed by atoms with Crippen LogP contribution in [0.15, 0.2) is 53.4 Å². The third-order valence-corrected chi connectivity index (χ3v) is 5.25. The lowest BCUT2D eigenvalue weighted by Gasteiger charge is -2.19. The van der Waals surface area contributed by atoms with Crippen molar-refractivity contribution >= 4 is 33.6 Å². The molecule has 0 spiro atoms. The predicted octanol–water partition coefficient (Wildman–Crippen LogP) is 1.45. The topological polar surface area (TPSA) is 144 Å². The van der Waals surface area contributed by atoms with Crippen LogP contribution < -0.4 is 21.5 Å². The molecule has 0 aliphatic carbocycles. The van der Waals surface area contributed by atoms with E-state index in [1.807, 2.05) is 0 Å². The number of amides is 3. The largest absolute Gasteiger partial charge is 0.356 e. The maximum atomic E-state index is 12.3. The van der Waals surface area contributed by atoms with Gasteiger partial charge in [-0.2, -0.15) is 0 Å². The first-order valence-corrected chi connectivity index (χ1v) is 10.3. The van der Waals surface area contributed by atoms with E-state index in [0.717, 1.165) is 5.56 Å². The Morgan fingerprint density at radius 2 is 1.71 bits per heavy atom. The smallest absolute Gasteiger partial charge is 0.312 e. The summed E-state index contributed by atoms with van der Waals surface area (Å²) in [6, 6.07) is 11.5. The molecule has 150 valence electrons. The zero-order valence-corrected chi connectivity index (χ0v) is 16.5. The number of hydrogen-bond donors (Lipinski definition) is 4. The lowest BCUT2D eigenvalue weighted by atomic mass is 10.0. The molecule has 2 aromatic carbocycles. The highest BCUT2D eigenvalue weighted by Gasteiger charge is 2.19. The first-order chi connectivity index (χ1) is 13.2. The van der Waals surface area contributed by atoms with Gasteiger partial charge in [0.2, 0.25) is 15.9 Å². The fourth-order valence-electron chi connectivity index (χ4n) is 2.62. The quantitative estimate of drug-likeness (QED) is 0.508. The SMILES string of the molecule is NC(=O)N[C@H](CC(=O)NCCc1ccc(S(N)(=O)=O)cc1)c1ccccc1Cl. The van der Waals surface area contributed by atoms with E-state index >= 15 is 0 Å². The summed E-state index contributed by atoms with van der Waals surface area (Å²) < 4.78 is 22.5. The summed E-state index contributed by atoms with van der Waals surface area (Å²) in [4.78, 5) is 23.5. The number of primary amides is 1. The Bertz CT molecular complexity index is 948. The van der Waals surface area contributed by atoms with Gasteiger partial charge in [0.05, 0.1) is 17.4 Å². The van der Waals surface area contributed by atoms with Crippen molar-refractivity contribution in [3.8, 4) is 0 Å². The highest BCUT2D eigenvalue weighted by Crippen LogP contribution is 2.25. The Morgan fingerprint density at radius 1 is 1.07 bits per heavy atom. The van der Waals surface area contributed by atoms with Crippen LogP contribution in [0.2, 0.25) is 5.02 Å². The summed E-state index contributed by atoms with van der Waals surface area (Å²) in [5.41, 5.74) is 6.63. The van der Waals surface area contributed by atoms with Crippen LogP contribution >= 0.6 is 11.6 Å². The highest BCUT2D eigenvalue weighted by atomic mass is 35.5. The number of carbonyl (C=O) groups is 2. The summed E-state index contributed by atoms with van der Waals surface area (Å²) in [5.74, 6) is -0.292. The molecular weight excluding hydrogens is 404 g/mol. The van der Waals surface area contributed by atoms with E-state index in [4.69, 9.17) is 22.5 Å². The summed E-state index contributed by atoms with van der Waals surface area (Å²) in [5, 5.41) is 10.7. The molecule has 8 nitrogen and oxygen atoms in total. The normalized spacial score (nSPS) is 12.2. The highest BCUT2D eigenvalue weighted by molar-refractivity contribution is 7.89. The van der Waals surface area contributed by atoms with Crippen molar-refractivity contribution in [2.24, 2.45) is 10.9 Å². The first kappa shape index (κ1) is 21.7. The number of primary sulfonamides is 1. The van der Waals surface area contributed by atoms with Crippen LogP contribution in [0.5, 0.6) is 0 Å². The third kappa shape index (κ3) is 6.52. The van der Waals surface area contributed by atoms with Gasteiger partial charge < -0.3 is 16.4 Å². The van der Waals surface area contributed by atoms with Gasteiger partial charge in [-0.05, 0) is 35.7 Å². The van der Waals surface area contributed by atoms with Crippen molar-refractivity contribution < 1.29 is 18.0 Å². The van der Waals surface area contributed by atoms with E-state index in [2.05, 4.69) is 10.6 Å². The van der Waals surface area contributed by atoms with Gasteiger partial charge in [-0.3, -0.25) is 4.79 Å². The minimum Gasteiger partial charge on any atom is -0.356 e. The van der Waals surface area contributed by atoms with Crippen molar-refractivity contribution in [3.63, 3.8) is 0 Å². The Kier molecular flexibility index (Phi) is 7.38. The Labute approximate surface area is 168 Å². The zero-order chi connectivity index (χ0) is 20.7. The molecule has 0 saturated carbocycles. The number of benzene rings is 2. The van der Waals surface area contributed by atoms with Gasteiger partial charge in [0.15, 0.2) is 0 Å². The Balaban J connectivity index is 1.92. The number of urea groups is 1. The second-order valence-corrected chi connectivity index (χ2v) is 8.04. The average molecular weight is 425 g/mol. The maximum Gasteiger partial charge on any atom is 0.312 e. The summed E-state index contributed by atoms with van der Waals surface area (Å²) in [7, 11) is -3.73. The van der Waals surface area contributed by atoms with E-state index < -0.39 is 22.1 Å². The zero-order valence-electron chi connectivity index (χ0n) is 14.9. The standard InChI is InChI=1S/C18H21ClN4O4S/c19-15-4-2-1-3-14(15)16(23-18(20)25)11-17(24)22-10-9-12-5-7-13(8-6-12)28(21,26)27/h1-8,16H,9-11H2,(H,22,24)(H3,20,23,25)(H2,21,26,27)/t16-/m1/s1. The number of rotatable bonds is 8. The molecular formula is C18H21ClN4O4S. The van der Waals surface area contributed by atoms with Crippen molar-refractivity contribution in [2.75, 3.05) is 6.54 Å².